The molecule has 0 aliphatic heterocycles. The predicted molar refractivity (Wildman–Crippen MR) is 86.5 cm³/mol. The number of hydrogen-bond acceptors (Lipinski definition) is 4. The SMILES string of the molecule is Cc1nc(N)c(C(=O)OCc2ccccc2)c2ccccc12. The van der Waals surface area contributed by atoms with Crippen LogP contribution < -0.4 is 5.73 Å². The number of aromatic nitrogens is 1. The third-order valence-electron chi connectivity index (χ3n) is 3.55. The second-order valence-electron chi connectivity index (χ2n) is 5.06. The lowest BCUT2D eigenvalue weighted by molar-refractivity contribution is 0.0476. The van der Waals surface area contributed by atoms with Crippen LogP contribution in [-0.2, 0) is 11.3 Å². The van der Waals surface area contributed by atoms with E-state index in [0.29, 0.717) is 5.56 Å². The lowest BCUT2D eigenvalue weighted by Crippen LogP contribution is -2.11. The van der Waals surface area contributed by atoms with Crippen LogP contribution in [0.2, 0.25) is 0 Å². The van der Waals surface area contributed by atoms with Crippen molar-refractivity contribution < 1.29 is 9.53 Å². The third kappa shape index (κ3) is 2.63. The minimum absolute atomic E-state index is 0.203. The normalized spacial score (nSPS) is 10.6. The van der Waals surface area contributed by atoms with Crippen LogP contribution in [0.1, 0.15) is 21.6 Å². The first kappa shape index (κ1) is 14.1. The number of pyridine rings is 1. The molecule has 0 atom stereocenters. The first-order chi connectivity index (χ1) is 10.7. The quantitative estimate of drug-likeness (QED) is 0.750. The van der Waals surface area contributed by atoms with Crippen molar-refractivity contribution in [1.82, 2.24) is 4.98 Å². The molecule has 0 aliphatic rings. The number of hydrogen-bond donors (Lipinski definition) is 1. The summed E-state index contributed by atoms with van der Waals surface area (Å²) >= 11 is 0. The Bertz CT molecular complexity index is 829. The van der Waals surface area contributed by atoms with Crippen LogP contribution in [0.3, 0.4) is 0 Å². The molecule has 0 spiro atoms. The molecule has 4 heteroatoms. The van der Waals surface area contributed by atoms with Crippen LogP contribution in [0.25, 0.3) is 10.8 Å². The summed E-state index contributed by atoms with van der Waals surface area (Å²) in [5, 5.41) is 1.67. The number of fused-ring (bicyclic) bond motifs is 1. The maximum Gasteiger partial charge on any atom is 0.342 e. The van der Waals surface area contributed by atoms with Crippen molar-refractivity contribution in [3.8, 4) is 0 Å². The van der Waals surface area contributed by atoms with E-state index in [9.17, 15) is 4.79 Å². The van der Waals surface area contributed by atoms with Gasteiger partial charge in [-0.05, 0) is 12.5 Å². The highest BCUT2D eigenvalue weighted by atomic mass is 16.5. The van der Waals surface area contributed by atoms with Crippen molar-refractivity contribution in [3.63, 3.8) is 0 Å². The standard InChI is InChI=1S/C18H16N2O2/c1-12-14-9-5-6-10-15(14)16(17(19)20-12)18(21)22-11-13-7-3-2-4-8-13/h2-10H,11H2,1H3,(H2,19,20). The van der Waals surface area contributed by atoms with Crippen LogP contribution in [0.15, 0.2) is 54.6 Å². The van der Waals surface area contributed by atoms with Gasteiger partial charge in [-0.3, -0.25) is 0 Å². The van der Waals surface area contributed by atoms with Crippen LogP contribution in [0, 0.1) is 6.92 Å². The lowest BCUT2D eigenvalue weighted by Gasteiger charge is -2.11. The third-order valence-corrected chi connectivity index (χ3v) is 3.55. The molecule has 1 heterocycles. The molecule has 0 saturated carbocycles. The second kappa shape index (κ2) is 5.85. The number of carbonyl (C=O) groups is 1. The zero-order valence-corrected chi connectivity index (χ0v) is 12.2. The molecule has 1 aromatic heterocycles. The zero-order valence-electron chi connectivity index (χ0n) is 12.2. The number of rotatable bonds is 3. The topological polar surface area (TPSA) is 65.2 Å². The van der Waals surface area contributed by atoms with Crippen molar-refractivity contribution >= 4 is 22.6 Å². The Kier molecular flexibility index (Phi) is 3.74. The Morgan fingerprint density at radius 3 is 2.41 bits per heavy atom. The molecule has 3 rings (SSSR count). The highest BCUT2D eigenvalue weighted by Gasteiger charge is 2.18. The van der Waals surface area contributed by atoms with Crippen molar-refractivity contribution in [2.24, 2.45) is 0 Å². The maximum absolute atomic E-state index is 12.4. The van der Waals surface area contributed by atoms with E-state index in [0.717, 1.165) is 22.0 Å². The number of nitrogens with zero attached hydrogens (tertiary/aromatic N) is 1. The Balaban J connectivity index is 1.94. The fraction of sp³-hybridized carbons (Fsp3) is 0.111. The molecule has 0 fully saturated rings. The Hall–Kier alpha value is -2.88. The van der Waals surface area contributed by atoms with Crippen molar-refractivity contribution in [1.29, 1.82) is 0 Å². The molecule has 2 N–H and O–H groups in total. The number of anilines is 1. The monoisotopic (exact) mass is 292 g/mol. The highest BCUT2D eigenvalue weighted by Crippen LogP contribution is 2.26. The largest absolute Gasteiger partial charge is 0.457 e. The number of aryl methyl sites for hydroxylation is 1. The van der Waals surface area contributed by atoms with Gasteiger partial charge in [0.25, 0.3) is 0 Å². The molecule has 4 nitrogen and oxygen atoms in total. The Morgan fingerprint density at radius 1 is 1.05 bits per heavy atom. The first-order valence-corrected chi connectivity index (χ1v) is 7.02. The van der Waals surface area contributed by atoms with E-state index in [2.05, 4.69) is 4.98 Å². The minimum atomic E-state index is -0.454. The number of nitrogens with two attached hydrogens (primary N) is 1. The lowest BCUT2D eigenvalue weighted by atomic mass is 10.0. The molecule has 110 valence electrons. The van der Waals surface area contributed by atoms with Crippen LogP contribution in [-0.4, -0.2) is 11.0 Å². The summed E-state index contributed by atoms with van der Waals surface area (Å²) < 4.78 is 5.38. The van der Waals surface area contributed by atoms with Crippen LogP contribution >= 0.6 is 0 Å². The summed E-state index contributed by atoms with van der Waals surface area (Å²) in [6.45, 7) is 2.08. The zero-order chi connectivity index (χ0) is 15.5. The van der Waals surface area contributed by atoms with E-state index in [1.54, 1.807) is 0 Å². The van der Waals surface area contributed by atoms with Gasteiger partial charge in [-0.25, -0.2) is 9.78 Å². The molecular formula is C18H16N2O2. The molecular weight excluding hydrogens is 276 g/mol. The maximum atomic E-state index is 12.4. The van der Waals surface area contributed by atoms with Gasteiger partial charge in [0, 0.05) is 16.5 Å². The van der Waals surface area contributed by atoms with E-state index in [4.69, 9.17) is 10.5 Å². The average molecular weight is 292 g/mol. The summed E-state index contributed by atoms with van der Waals surface area (Å²) in [6, 6.07) is 17.1. The van der Waals surface area contributed by atoms with Gasteiger partial charge in [0.1, 0.15) is 18.0 Å². The molecule has 0 unspecified atom stereocenters. The summed E-state index contributed by atoms with van der Waals surface area (Å²) in [5.41, 5.74) is 8.00. The van der Waals surface area contributed by atoms with E-state index in [1.165, 1.54) is 0 Å². The average Bonchev–Trinajstić information content (AvgIpc) is 2.54. The van der Waals surface area contributed by atoms with E-state index >= 15 is 0 Å². The molecule has 0 radical (unpaired) electrons. The first-order valence-electron chi connectivity index (χ1n) is 7.02. The Morgan fingerprint density at radius 2 is 1.68 bits per heavy atom. The van der Waals surface area contributed by atoms with E-state index < -0.39 is 5.97 Å². The number of benzene rings is 2. The van der Waals surface area contributed by atoms with Gasteiger partial charge in [-0.15, -0.1) is 0 Å². The molecule has 3 aromatic rings. The molecule has 0 saturated heterocycles. The van der Waals surface area contributed by atoms with E-state index in [-0.39, 0.29) is 12.4 Å². The molecule has 0 aliphatic carbocycles. The van der Waals surface area contributed by atoms with Gasteiger partial charge >= 0.3 is 5.97 Å². The predicted octanol–water partition coefficient (Wildman–Crippen LogP) is 3.48. The van der Waals surface area contributed by atoms with Gasteiger partial charge in [0.05, 0.1) is 0 Å². The van der Waals surface area contributed by atoms with Crippen molar-refractivity contribution in [3.05, 3.63) is 71.4 Å². The fourth-order valence-electron chi connectivity index (χ4n) is 2.46. The molecule has 22 heavy (non-hydrogen) atoms. The van der Waals surface area contributed by atoms with Crippen molar-refractivity contribution in [2.45, 2.75) is 13.5 Å². The van der Waals surface area contributed by atoms with Crippen LogP contribution in [0.5, 0.6) is 0 Å². The molecule has 0 amide bonds. The number of ether oxygens (including phenoxy) is 1. The van der Waals surface area contributed by atoms with Gasteiger partial charge in [-0.2, -0.15) is 0 Å². The Labute approximate surface area is 128 Å². The fourth-order valence-corrected chi connectivity index (χ4v) is 2.46. The van der Waals surface area contributed by atoms with Gasteiger partial charge in [0.15, 0.2) is 0 Å². The highest BCUT2D eigenvalue weighted by molar-refractivity contribution is 6.08. The summed E-state index contributed by atoms with van der Waals surface area (Å²) in [6.07, 6.45) is 0. The summed E-state index contributed by atoms with van der Waals surface area (Å²) in [7, 11) is 0. The van der Waals surface area contributed by atoms with Gasteiger partial charge < -0.3 is 10.5 Å². The second-order valence-corrected chi connectivity index (χ2v) is 5.06. The van der Waals surface area contributed by atoms with Crippen LogP contribution in [0.4, 0.5) is 5.82 Å². The van der Waals surface area contributed by atoms with Gasteiger partial charge in [-0.1, -0.05) is 54.6 Å². The summed E-state index contributed by atoms with van der Waals surface area (Å²) in [5.74, 6) is -0.251. The van der Waals surface area contributed by atoms with Crippen molar-refractivity contribution in [2.75, 3.05) is 5.73 Å². The van der Waals surface area contributed by atoms with Gasteiger partial charge in [0.2, 0.25) is 0 Å². The minimum Gasteiger partial charge on any atom is -0.457 e. The number of carbonyl (C=O) groups excluding carboxylic acids is 1. The molecule has 0 bridgehead atoms. The smallest absolute Gasteiger partial charge is 0.342 e. The molecule has 2 aromatic carbocycles. The summed E-state index contributed by atoms with van der Waals surface area (Å²) in [4.78, 5) is 16.7. The van der Waals surface area contributed by atoms with E-state index in [1.807, 2.05) is 61.5 Å². The number of nitrogen functional groups attached to an aromatic ring is 1. The number of esters is 1.